The number of rotatable bonds is 0. The van der Waals surface area contributed by atoms with Gasteiger partial charge in [0.05, 0.1) is 18.3 Å². The third-order valence-corrected chi connectivity index (χ3v) is 2.62. The molecule has 2 aliphatic rings. The summed E-state index contributed by atoms with van der Waals surface area (Å²) < 4.78 is 5.26. The number of hydrogen-bond donors (Lipinski definition) is 1. The van der Waals surface area contributed by atoms with E-state index in [-0.39, 0.29) is 23.9 Å². The van der Waals surface area contributed by atoms with E-state index in [1.807, 2.05) is 0 Å². The van der Waals surface area contributed by atoms with Crippen molar-refractivity contribution in [2.45, 2.75) is 31.5 Å². The monoisotopic (exact) mass is 168 g/mol. The van der Waals surface area contributed by atoms with Gasteiger partial charge in [0.2, 0.25) is 0 Å². The Kier molecular flexibility index (Phi) is 1.89. The number of hydrogen-bond acceptors (Lipinski definition) is 3. The van der Waals surface area contributed by atoms with Crippen LogP contribution in [0.2, 0.25) is 0 Å². The molecule has 0 radical (unpaired) electrons. The van der Waals surface area contributed by atoms with Gasteiger partial charge < -0.3 is 9.84 Å². The van der Waals surface area contributed by atoms with Gasteiger partial charge in [-0.15, -0.1) is 0 Å². The number of carbonyl (C=O) groups is 1. The lowest BCUT2D eigenvalue weighted by atomic mass is 9.81. The van der Waals surface area contributed by atoms with E-state index >= 15 is 0 Å². The molecule has 0 spiro atoms. The molecule has 1 fully saturated rings. The molecular weight excluding hydrogens is 156 g/mol. The highest BCUT2D eigenvalue weighted by atomic mass is 16.5. The Morgan fingerprint density at radius 1 is 1.50 bits per heavy atom. The highest BCUT2D eigenvalue weighted by molar-refractivity contribution is 5.92. The molecule has 3 unspecified atom stereocenters. The Balaban J connectivity index is 2.11. The first-order valence-corrected chi connectivity index (χ1v) is 4.31. The minimum absolute atomic E-state index is 0.00148. The molecule has 3 atom stereocenters. The standard InChI is InChI=1S/C9H12O3/c10-6-1-2-7-8(11)3-4-12-9(7)5-6/h3-4,6-7,9-10H,1-2,5H2. The first-order valence-electron chi connectivity index (χ1n) is 4.31. The largest absolute Gasteiger partial charge is 0.497 e. The van der Waals surface area contributed by atoms with Gasteiger partial charge in [0.1, 0.15) is 6.10 Å². The zero-order chi connectivity index (χ0) is 8.55. The van der Waals surface area contributed by atoms with Crippen LogP contribution in [0.15, 0.2) is 12.3 Å². The molecule has 1 aliphatic heterocycles. The lowest BCUT2D eigenvalue weighted by Crippen LogP contribution is -2.39. The first-order chi connectivity index (χ1) is 5.77. The molecule has 1 saturated carbocycles. The zero-order valence-corrected chi connectivity index (χ0v) is 6.77. The number of carbonyl (C=O) groups excluding carboxylic acids is 1. The van der Waals surface area contributed by atoms with Crippen LogP contribution in [0.4, 0.5) is 0 Å². The number of allylic oxidation sites excluding steroid dienone is 1. The second kappa shape index (κ2) is 2.90. The van der Waals surface area contributed by atoms with Crippen molar-refractivity contribution >= 4 is 5.78 Å². The third-order valence-electron chi connectivity index (χ3n) is 2.62. The van der Waals surface area contributed by atoms with Gasteiger partial charge in [-0.1, -0.05) is 0 Å². The molecule has 0 aromatic rings. The maximum Gasteiger partial charge on any atom is 0.165 e. The van der Waals surface area contributed by atoms with E-state index in [0.29, 0.717) is 6.42 Å². The number of ether oxygens (including phenoxy) is 1. The summed E-state index contributed by atoms with van der Waals surface area (Å²) in [5.74, 6) is 0.150. The molecule has 0 amide bonds. The number of fused-ring (bicyclic) bond motifs is 1. The van der Waals surface area contributed by atoms with Gasteiger partial charge in [0.15, 0.2) is 5.78 Å². The summed E-state index contributed by atoms with van der Waals surface area (Å²) in [4.78, 5) is 11.3. The Hall–Kier alpha value is -0.830. The number of ketones is 1. The molecule has 3 nitrogen and oxygen atoms in total. The second-order valence-electron chi connectivity index (χ2n) is 3.45. The van der Waals surface area contributed by atoms with E-state index in [1.54, 1.807) is 0 Å². The van der Waals surface area contributed by atoms with Crippen molar-refractivity contribution in [2.24, 2.45) is 5.92 Å². The van der Waals surface area contributed by atoms with Crippen LogP contribution in [0.1, 0.15) is 19.3 Å². The van der Waals surface area contributed by atoms with Gasteiger partial charge in [-0.3, -0.25) is 4.79 Å². The van der Waals surface area contributed by atoms with Crippen molar-refractivity contribution in [3.63, 3.8) is 0 Å². The molecule has 0 bridgehead atoms. The first kappa shape index (κ1) is 7.80. The number of aliphatic hydroxyl groups is 1. The molecular formula is C9H12O3. The molecule has 0 aromatic heterocycles. The fourth-order valence-electron chi connectivity index (χ4n) is 1.91. The average Bonchev–Trinajstić information content (AvgIpc) is 2.04. The van der Waals surface area contributed by atoms with Crippen molar-refractivity contribution < 1.29 is 14.6 Å². The molecule has 1 N–H and O–H groups in total. The van der Waals surface area contributed by atoms with E-state index in [0.717, 1.165) is 12.8 Å². The molecule has 2 rings (SSSR count). The predicted molar refractivity (Wildman–Crippen MR) is 42.4 cm³/mol. The predicted octanol–water partition coefficient (Wildman–Crippen LogP) is 0.629. The maximum absolute atomic E-state index is 11.3. The summed E-state index contributed by atoms with van der Waals surface area (Å²) in [5.41, 5.74) is 0. The molecule has 3 heteroatoms. The Morgan fingerprint density at radius 2 is 2.33 bits per heavy atom. The van der Waals surface area contributed by atoms with Crippen molar-refractivity contribution in [3.05, 3.63) is 12.3 Å². The van der Waals surface area contributed by atoms with Crippen LogP contribution in [0.5, 0.6) is 0 Å². The van der Waals surface area contributed by atoms with Crippen molar-refractivity contribution in [1.82, 2.24) is 0 Å². The average molecular weight is 168 g/mol. The van der Waals surface area contributed by atoms with Gasteiger partial charge in [-0.05, 0) is 12.8 Å². The van der Waals surface area contributed by atoms with Crippen LogP contribution in [0.3, 0.4) is 0 Å². The normalized spacial score (nSPS) is 40.4. The van der Waals surface area contributed by atoms with Crippen LogP contribution < -0.4 is 0 Å². The van der Waals surface area contributed by atoms with Gasteiger partial charge in [0, 0.05) is 12.5 Å². The summed E-state index contributed by atoms with van der Waals surface area (Å²) in [6, 6.07) is 0. The van der Waals surface area contributed by atoms with Crippen LogP contribution in [-0.2, 0) is 9.53 Å². The van der Waals surface area contributed by atoms with Gasteiger partial charge in [0.25, 0.3) is 0 Å². The van der Waals surface area contributed by atoms with Crippen LogP contribution in [0.25, 0.3) is 0 Å². The van der Waals surface area contributed by atoms with E-state index in [9.17, 15) is 9.90 Å². The molecule has 66 valence electrons. The van der Waals surface area contributed by atoms with E-state index in [2.05, 4.69) is 0 Å². The number of aliphatic hydroxyl groups excluding tert-OH is 1. The summed E-state index contributed by atoms with van der Waals surface area (Å²) in [6.07, 6.45) is 4.65. The lowest BCUT2D eigenvalue weighted by Gasteiger charge is -2.33. The summed E-state index contributed by atoms with van der Waals surface area (Å²) in [7, 11) is 0. The van der Waals surface area contributed by atoms with Gasteiger partial charge >= 0.3 is 0 Å². The fraction of sp³-hybridized carbons (Fsp3) is 0.667. The second-order valence-corrected chi connectivity index (χ2v) is 3.45. The molecule has 1 heterocycles. The lowest BCUT2D eigenvalue weighted by molar-refractivity contribution is -0.127. The summed E-state index contributed by atoms with van der Waals surface area (Å²) in [6.45, 7) is 0. The van der Waals surface area contributed by atoms with Crippen molar-refractivity contribution in [1.29, 1.82) is 0 Å². The third kappa shape index (κ3) is 1.25. The molecule has 0 saturated heterocycles. The van der Waals surface area contributed by atoms with Gasteiger partial charge in [-0.25, -0.2) is 0 Å². The topological polar surface area (TPSA) is 46.5 Å². The molecule has 1 aliphatic carbocycles. The zero-order valence-electron chi connectivity index (χ0n) is 6.77. The summed E-state index contributed by atoms with van der Waals surface area (Å²) in [5, 5.41) is 9.32. The molecule has 12 heavy (non-hydrogen) atoms. The Bertz CT molecular complexity index is 222. The SMILES string of the molecule is O=C1C=COC2CC(O)CCC12. The fourth-order valence-corrected chi connectivity index (χ4v) is 1.91. The highest BCUT2D eigenvalue weighted by Crippen LogP contribution is 2.30. The summed E-state index contributed by atoms with van der Waals surface area (Å²) >= 11 is 0. The van der Waals surface area contributed by atoms with Gasteiger partial charge in [-0.2, -0.15) is 0 Å². The minimum atomic E-state index is -0.287. The highest BCUT2D eigenvalue weighted by Gasteiger charge is 2.36. The van der Waals surface area contributed by atoms with E-state index in [4.69, 9.17) is 4.74 Å². The van der Waals surface area contributed by atoms with Crippen LogP contribution in [0, 0.1) is 5.92 Å². The van der Waals surface area contributed by atoms with E-state index < -0.39 is 0 Å². The molecule has 0 aromatic carbocycles. The quantitative estimate of drug-likeness (QED) is 0.577. The van der Waals surface area contributed by atoms with Crippen LogP contribution >= 0.6 is 0 Å². The van der Waals surface area contributed by atoms with E-state index in [1.165, 1.54) is 12.3 Å². The Morgan fingerprint density at radius 3 is 3.17 bits per heavy atom. The van der Waals surface area contributed by atoms with Crippen molar-refractivity contribution in [2.75, 3.05) is 0 Å². The minimum Gasteiger partial charge on any atom is -0.497 e. The maximum atomic E-state index is 11.3. The van der Waals surface area contributed by atoms with Crippen molar-refractivity contribution in [3.8, 4) is 0 Å². The Labute approximate surface area is 71.0 Å². The smallest absolute Gasteiger partial charge is 0.165 e. The van der Waals surface area contributed by atoms with Crippen LogP contribution in [-0.4, -0.2) is 23.1 Å².